The van der Waals surface area contributed by atoms with Gasteiger partial charge in [0.2, 0.25) is 0 Å². The molecule has 1 aromatic rings. The van der Waals surface area contributed by atoms with Crippen LogP contribution in [0.2, 0.25) is 0 Å². The molecular weight excluding hydrogens is 192 g/mol. The Morgan fingerprint density at radius 3 is 2.93 bits per heavy atom. The van der Waals surface area contributed by atoms with Gasteiger partial charge in [-0.2, -0.15) is 5.26 Å². The lowest BCUT2D eigenvalue weighted by molar-refractivity contribution is -0.163. The molecule has 1 spiro atoms. The summed E-state index contributed by atoms with van der Waals surface area (Å²) in [5.74, 6) is -0.401. The molecule has 4 heteroatoms. The van der Waals surface area contributed by atoms with Crippen molar-refractivity contribution in [2.45, 2.75) is 25.0 Å². The molecule has 2 heterocycles. The summed E-state index contributed by atoms with van der Waals surface area (Å²) < 4.78 is 11.3. The fourth-order valence-electron chi connectivity index (χ4n) is 2.47. The Kier molecular flexibility index (Phi) is 1.84. The monoisotopic (exact) mass is 204 g/mol. The number of aromatic amines is 1. The van der Waals surface area contributed by atoms with Crippen molar-refractivity contribution in [2.24, 2.45) is 0 Å². The number of aromatic nitrogens is 1. The van der Waals surface area contributed by atoms with Gasteiger partial charge in [-0.25, -0.2) is 0 Å². The molecule has 0 aromatic carbocycles. The first-order valence-electron chi connectivity index (χ1n) is 5.20. The van der Waals surface area contributed by atoms with Crippen LogP contribution >= 0.6 is 0 Å². The van der Waals surface area contributed by atoms with Gasteiger partial charge in [-0.15, -0.1) is 0 Å². The first-order valence-corrected chi connectivity index (χ1v) is 5.20. The number of hydrogen-bond acceptors (Lipinski definition) is 3. The predicted molar refractivity (Wildman–Crippen MR) is 52.2 cm³/mol. The number of H-pyrrole nitrogens is 1. The van der Waals surface area contributed by atoms with E-state index in [0.717, 1.165) is 24.8 Å². The van der Waals surface area contributed by atoms with Gasteiger partial charge in [0.25, 0.3) is 0 Å². The summed E-state index contributed by atoms with van der Waals surface area (Å²) in [5, 5.41) is 8.90. The summed E-state index contributed by atoms with van der Waals surface area (Å²) in [6.07, 6.45) is 4.38. The summed E-state index contributed by atoms with van der Waals surface area (Å²) in [6, 6.07) is 2.18. The van der Waals surface area contributed by atoms with Crippen LogP contribution in [0, 0.1) is 11.3 Å². The standard InChI is InChI=1S/C11H12N2O2/c12-6-10-9-1-2-11(14-3-4-15-11)5-8(9)7-13-10/h7,13H,1-5H2. The minimum atomic E-state index is -0.401. The van der Waals surface area contributed by atoms with Crippen molar-refractivity contribution in [3.05, 3.63) is 23.0 Å². The topological polar surface area (TPSA) is 58.0 Å². The largest absolute Gasteiger partial charge is 0.353 e. The third-order valence-corrected chi connectivity index (χ3v) is 3.22. The highest BCUT2D eigenvalue weighted by Crippen LogP contribution is 2.36. The molecule has 78 valence electrons. The van der Waals surface area contributed by atoms with Crippen molar-refractivity contribution in [1.82, 2.24) is 4.98 Å². The maximum Gasteiger partial charge on any atom is 0.172 e. The Bertz CT molecular complexity index is 424. The lowest BCUT2D eigenvalue weighted by Crippen LogP contribution is -2.36. The van der Waals surface area contributed by atoms with Gasteiger partial charge in [-0.1, -0.05) is 0 Å². The number of nitriles is 1. The molecule has 1 saturated heterocycles. The first kappa shape index (κ1) is 8.96. The Balaban J connectivity index is 1.94. The van der Waals surface area contributed by atoms with E-state index in [4.69, 9.17) is 14.7 Å². The molecule has 3 rings (SSSR count). The van der Waals surface area contributed by atoms with E-state index in [1.54, 1.807) is 0 Å². The van der Waals surface area contributed by atoms with Gasteiger partial charge in [0.05, 0.1) is 13.2 Å². The fourth-order valence-corrected chi connectivity index (χ4v) is 2.47. The molecule has 0 bridgehead atoms. The van der Waals surface area contributed by atoms with Crippen molar-refractivity contribution < 1.29 is 9.47 Å². The highest BCUT2D eigenvalue weighted by Gasteiger charge is 2.40. The van der Waals surface area contributed by atoms with Gasteiger partial charge in [0.15, 0.2) is 5.79 Å². The van der Waals surface area contributed by atoms with Crippen molar-refractivity contribution in [1.29, 1.82) is 5.26 Å². The summed E-state index contributed by atoms with van der Waals surface area (Å²) >= 11 is 0. The number of ether oxygens (including phenoxy) is 2. The molecule has 2 aliphatic rings. The van der Waals surface area contributed by atoms with Gasteiger partial charge in [0, 0.05) is 19.0 Å². The Hall–Kier alpha value is -1.31. The summed E-state index contributed by atoms with van der Waals surface area (Å²) in [4.78, 5) is 3.00. The third-order valence-electron chi connectivity index (χ3n) is 3.22. The van der Waals surface area contributed by atoms with Crippen LogP contribution in [-0.2, 0) is 22.3 Å². The average Bonchev–Trinajstić information content (AvgIpc) is 2.85. The first-order chi connectivity index (χ1) is 7.33. The molecule has 0 atom stereocenters. The second kappa shape index (κ2) is 3.09. The molecule has 1 aliphatic heterocycles. The second-order valence-electron chi connectivity index (χ2n) is 4.06. The van der Waals surface area contributed by atoms with Crippen LogP contribution in [0.25, 0.3) is 0 Å². The minimum Gasteiger partial charge on any atom is -0.353 e. The normalized spacial score (nSPS) is 22.6. The van der Waals surface area contributed by atoms with E-state index in [0.29, 0.717) is 18.9 Å². The average molecular weight is 204 g/mol. The lowest BCUT2D eigenvalue weighted by Gasteiger charge is -2.31. The van der Waals surface area contributed by atoms with Crippen molar-refractivity contribution in [3.63, 3.8) is 0 Å². The highest BCUT2D eigenvalue weighted by atomic mass is 16.7. The van der Waals surface area contributed by atoms with E-state index < -0.39 is 5.79 Å². The molecule has 0 amide bonds. The molecular formula is C11H12N2O2. The van der Waals surface area contributed by atoms with E-state index in [9.17, 15) is 0 Å². The minimum absolute atomic E-state index is 0.401. The smallest absolute Gasteiger partial charge is 0.172 e. The van der Waals surface area contributed by atoms with Gasteiger partial charge >= 0.3 is 0 Å². The van der Waals surface area contributed by atoms with Crippen LogP contribution in [0.5, 0.6) is 0 Å². The number of nitrogens with one attached hydrogen (secondary N) is 1. The van der Waals surface area contributed by atoms with E-state index in [1.807, 2.05) is 6.20 Å². The summed E-state index contributed by atoms with van der Waals surface area (Å²) in [5.41, 5.74) is 3.00. The molecule has 1 aliphatic carbocycles. The molecule has 0 saturated carbocycles. The summed E-state index contributed by atoms with van der Waals surface area (Å²) in [7, 11) is 0. The lowest BCUT2D eigenvalue weighted by atomic mass is 9.89. The number of rotatable bonds is 0. The number of hydrogen-bond donors (Lipinski definition) is 1. The van der Waals surface area contributed by atoms with E-state index in [-0.39, 0.29) is 0 Å². The SMILES string of the molecule is N#Cc1[nH]cc2c1CCC1(C2)OCCO1. The van der Waals surface area contributed by atoms with E-state index in [2.05, 4.69) is 11.1 Å². The molecule has 1 N–H and O–H groups in total. The van der Waals surface area contributed by atoms with Gasteiger partial charge < -0.3 is 14.5 Å². The molecule has 0 unspecified atom stereocenters. The zero-order valence-corrected chi connectivity index (χ0v) is 8.38. The number of fused-ring (bicyclic) bond motifs is 1. The molecule has 0 radical (unpaired) electrons. The Labute approximate surface area is 87.8 Å². The maximum absolute atomic E-state index is 8.90. The molecule has 1 aromatic heterocycles. The van der Waals surface area contributed by atoms with E-state index >= 15 is 0 Å². The van der Waals surface area contributed by atoms with Crippen LogP contribution in [0.1, 0.15) is 23.2 Å². The molecule has 1 fully saturated rings. The van der Waals surface area contributed by atoms with Crippen molar-refractivity contribution in [2.75, 3.05) is 13.2 Å². The zero-order chi connectivity index (χ0) is 10.3. The van der Waals surface area contributed by atoms with Crippen LogP contribution < -0.4 is 0 Å². The Morgan fingerprint density at radius 1 is 1.40 bits per heavy atom. The zero-order valence-electron chi connectivity index (χ0n) is 8.38. The highest BCUT2D eigenvalue weighted by molar-refractivity contribution is 5.41. The van der Waals surface area contributed by atoms with E-state index in [1.165, 1.54) is 5.56 Å². The van der Waals surface area contributed by atoms with Crippen molar-refractivity contribution in [3.8, 4) is 6.07 Å². The van der Waals surface area contributed by atoms with Gasteiger partial charge in [-0.05, 0) is 17.5 Å². The van der Waals surface area contributed by atoms with Crippen LogP contribution in [-0.4, -0.2) is 24.0 Å². The van der Waals surface area contributed by atoms with Crippen LogP contribution in [0.15, 0.2) is 6.20 Å². The fraction of sp³-hybridized carbons (Fsp3) is 0.545. The maximum atomic E-state index is 8.90. The number of nitrogens with zero attached hydrogens (tertiary/aromatic N) is 1. The molecule has 15 heavy (non-hydrogen) atoms. The second-order valence-corrected chi connectivity index (χ2v) is 4.06. The molecule has 4 nitrogen and oxygen atoms in total. The quantitative estimate of drug-likeness (QED) is 0.688. The Morgan fingerprint density at radius 2 is 2.20 bits per heavy atom. The van der Waals surface area contributed by atoms with Gasteiger partial charge in [-0.3, -0.25) is 0 Å². The summed E-state index contributed by atoms with van der Waals surface area (Å²) in [6.45, 7) is 1.37. The third kappa shape index (κ3) is 1.28. The van der Waals surface area contributed by atoms with Crippen molar-refractivity contribution >= 4 is 0 Å². The van der Waals surface area contributed by atoms with Crippen LogP contribution in [0.4, 0.5) is 0 Å². The van der Waals surface area contributed by atoms with Crippen LogP contribution in [0.3, 0.4) is 0 Å². The predicted octanol–water partition coefficient (Wildman–Crippen LogP) is 1.12. The van der Waals surface area contributed by atoms with Gasteiger partial charge in [0.1, 0.15) is 11.8 Å².